The average molecular weight is 343 g/mol. The zero-order valence-corrected chi connectivity index (χ0v) is 13.1. The normalized spacial score (nSPS) is 25.3. The molecule has 2 fully saturated rings. The summed E-state index contributed by atoms with van der Waals surface area (Å²) in [6, 6.07) is 5.64. The number of ether oxygens (including phenoxy) is 1. The molecule has 0 aromatic heterocycles. The minimum absolute atomic E-state index is 0.0168. The standard InChI is InChI=1S/C17H20F3NO3/c18-17(19,20)24-12-5-3-11(4-6-12)13-9-14(13)15(22)21-10-16(23)7-1-2-8-16/h3-6,13-14,23H,1-2,7-10H2,(H,21,22). The van der Waals surface area contributed by atoms with E-state index in [2.05, 4.69) is 10.1 Å². The minimum Gasteiger partial charge on any atom is -0.406 e. The molecule has 2 unspecified atom stereocenters. The Bertz CT molecular complexity index is 594. The lowest BCUT2D eigenvalue weighted by Gasteiger charge is -2.22. The number of benzene rings is 1. The van der Waals surface area contributed by atoms with Gasteiger partial charge < -0.3 is 15.2 Å². The van der Waals surface area contributed by atoms with E-state index in [0.717, 1.165) is 18.4 Å². The lowest BCUT2D eigenvalue weighted by atomic mass is 10.0. The van der Waals surface area contributed by atoms with E-state index in [9.17, 15) is 23.1 Å². The van der Waals surface area contributed by atoms with Gasteiger partial charge in [-0.1, -0.05) is 25.0 Å². The first-order valence-corrected chi connectivity index (χ1v) is 8.12. The molecule has 4 nitrogen and oxygen atoms in total. The molecule has 0 spiro atoms. The zero-order chi connectivity index (χ0) is 17.4. The van der Waals surface area contributed by atoms with Gasteiger partial charge in [-0.15, -0.1) is 13.2 Å². The van der Waals surface area contributed by atoms with Crippen LogP contribution in [-0.2, 0) is 4.79 Å². The Hall–Kier alpha value is -1.76. The highest BCUT2D eigenvalue weighted by Gasteiger charge is 2.44. The van der Waals surface area contributed by atoms with Crippen molar-refractivity contribution in [2.75, 3.05) is 6.54 Å². The van der Waals surface area contributed by atoms with Gasteiger partial charge in [0, 0.05) is 12.5 Å². The van der Waals surface area contributed by atoms with E-state index in [1.807, 2.05) is 0 Å². The lowest BCUT2D eigenvalue weighted by Crippen LogP contribution is -2.41. The fourth-order valence-corrected chi connectivity index (χ4v) is 3.36. The summed E-state index contributed by atoms with van der Waals surface area (Å²) in [7, 11) is 0. The monoisotopic (exact) mass is 343 g/mol. The Morgan fingerprint density at radius 1 is 1.25 bits per heavy atom. The van der Waals surface area contributed by atoms with Gasteiger partial charge in [-0.3, -0.25) is 4.79 Å². The molecule has 1 aromatic rings. The Morgan fingerprint density at radius 2 is 1.88 bits per heavy atom. The average Bonchev–Trinajstić information content (AvgIpc) is 3.19. The first-order chi connectivity index (χ1) is 11.3. The summed E-state index contributed by atoms with van der Waals surface area (Å²) in [4.78, 5) is 12.1. The van der Waals surface area contributed by atoms with Crippen LogP contribution in [0.15, 0.2) is 24.3 Å². The molecule has 2 saturated carbocycles. The van der Waals surface area contributed by atoms with Gasteiger partial charge in [-0.05, 0) is 42.9 Å². The molecule has 24 heavy (non-hydrogen) atoms. The highest BCUT2D eigenvalue weighted by atomic mass is 19.4. The van der Waals surface area contributed by atoms with Crippen LogP contribution in [0.5, 0.6) is 5.75 Å². The molecule has 1 aromatic carbocycles. The van der Waals surface area contributed by atoms with Crippen molar-refractivity contribution in [3.8, 4) is 5.75 Å². The number of hydrogen-bond donors (Lipinski definition) is 2. The van der Waals surface area contributed by atoms with Crippen molar-refractivity contribution in [1.82, 2.24) is 5.32 Å². The van der Waals surface area contributed by atoms with Crippen molar-refractivity contribution in [1.29, 1.82) is 0 Å². The van der Waals surface area contributed by atoms with Crippen LogP contribution in [-0.4, -0.2) is 29.5 Å². The maximum absolute atomic E-state index is 12.1. The van der Waals surface area contributed by atoms with Crippen molar-refractivity contribution in [3.63, 3.8) is 0 Å². The Kier molecular flexibility index (Phi) is 4.46. The van der Waals surface area contributed by atoms with E-state index in [4.69, 9.17) is 0 Å². The molecule has 7 heteroatoms. The summed E-state index contributed by atoms with van der Waals surface area (Å²) in [6.07, 6.45) is -0.659. The number of hydrogen-bond acceptors (Lipinski definition) is 3. The van der Waals surface area contributed by atoms with Gasteiger partial charge >= 0.3 is 6.36 Å². The van der Waals surface area contributed by atoms with Crippen LogP contribution in [0.3, 0.4) is 0 Å². The van der Waals surface area contributed by atoms with E-state index < -0.39 is 12.0 Å². The van der Waals surface area contributed by atoms with Gasteiger partial charge in [0.25, 0.3) is 0 Å². The third-order valence-electron chi connectivity index (χ3n) is 4.79. The molecule has 0 bridgehead atoms. The maximum Gasteiger partial charge on any atom is 0.573 e. The van der Waals surface area contributed by atoms with E-state index in [1.54, 1.807) is 12.1 Å². The lowest BCUT2D eigenvalue weighted by molar-refractivity contribution is -0.274. The summed E-state index contributed by atoms with van der Waals surface area (Å²) >= 11 is 0. The highest BCUT2D eigenvalue weighted by molar-refractivity contribution is 5.83. The van der Waals surface area contributed by atoms with Crippen molar-refractivity contribution in [2.24, 2.45) is 5.92 Å². The van der Waals surface area contributed by atoms with E-state index >= 15 is 0 Å². The Balaban J connectivity index is 1.50. The smallest absolute Gasteiger partial charge is 0.406 e. The predicted octanol–water partition coefficient (Wildman–Crippen LogP) is 3.11. The fraction of sp³-hybridized carbons (Fsp3) is 0.588. The summed E-state index contributed by atoms with van der Waals surface area (Å²) in [6.45, 7) is 0.271. The molecule has 2 atom stereocenters. The van der Waals surface area contributed by atoms with E-state index in [-0.39, 0.29) is 30.0 Å². The van der Waals surface area contributed by atoms with Crippen molar-refractivity contribution in [3.05, 3.63) is 29.8 Å². The number of amides is 1. The van der Waals surface area contributed by atoms with Crippen LogP contribution >= 0.6 is 0 Å². The van der Waals surface area contributed by atoms with Crippen molar-refractivity contribution in [2.45, 2.75) is 50.0 Å². The quantitative estimate of drug-likeness (QED) is 0.864. The number of nitrogens with one attached hydrogen (secondary N) is 1. The van der Waals surface area contributed by atoms with Crippen LogP contribution in [0.25, 0.3) is 0 Å². The molecule has 132 valence electrons. The van der Waals surface area contributed by atoms with Gasteiger partial charge in [0.2, 0.25) is 5.91 Å². The summed E-state index contributed by atoms with van der Waals surface area (Å²) in [5.74, 6) is -0.528. The van der Waals surface area contributed by atoms with Crippen LogP contribution in [0, 0.1) is 5.92 Å². The number of carbonyl (C=O) groups excluding carboxylic acids is 1. The second-order valence-corrected chi connectivity index (χ2v) is 6.71. The third kappa shape index (κ3) is 4.20. The molecule has 3 rings (SSSR count). The largest absolute Gasteiger partial charge is 0.573 e. The van der Waals surface area contributed by atoms with Crippen LogP contribution < -0.4 is 10.1 Å². The van der Waals surface area contributed by atoms with Gasteiger partial charge in [-0.2, -0.15) is 0 Å². The number of rotatable bonds is 5. The summed E-state index contributed by atoms with van der Waals surface area (Å²) < 4.78 is 40.2. The topological polar surface area (TPSA) is 58.6 Å². The third-order valence-corrected chi connectivity index (χ3v) is 4.79. The van der Waals surface area contributed by atoms with Gasteiger partial charge in [0.1, 0.15) is 5.75 Å². The maximum atomic E-state index is 12.1. The molecular formula is C17H20F3NO3. The molecule has 0 aliphatic heterocycles. The van der Waals surface area contributed by atoms with E-state index in [1.165, 1.54) is 12.1 Å². The second kappa shape index (κ2) is 6.27. The molecule has 0 saturated heterocycles. The fourth-order valence-electron chi connectivity index (χ4n) is 3.36. The van der Waals surface area contributed by atoms with Crippen LogP contribution in [0.4, 0.5) is 13.2 Å². The minimum atomic E-state index is -4.70. The first-order valence-electron chi connectivity index (χ1n) is 8.12. The zero-order valence-electron chi connectivity index (χ0n) is 13.1. The predicted molar refractivity (Wildman–Crippen MR) is 80.4 cm³/mol. The van der Waals surface area contributed by atoms with E-state index in [0.29, 0.717) is 19.3 Å². The van der Waals surface area contributed by atoms with Crippen molar-refractivity contribution < 1.29 is 27.8 Å². The molecule has 2 N–H and O–H groups in total. The first kappa shape index (κ1) is 17.1. The summed E-state index contributed by atoms with van der Waals surface area (Å²) in [5, 5.41) is 13.0. The molecule has 1 amide bonds. The Morgan fingerprint density at radius 3 is 2.46 bits per heavy atom. The number of halogens is 3. The van der Waals surface area contributed by atoms with Gasteiger partial charge in [-0.25, -0.2) is 0 Å². The highest BCUT2D eigenvalue weighted by Crippen LogP contribution is 2.48. The number of aliphatic hydroxyl groups is 1. The number of carbonyl (C=O) groups is 1. The molecule has 0 radical (unpaired) electrons. The molecular weight excluding hydrogens is 323 g/mol. The van der Waals surface area contributed by atoms with Crippen LogP contribution in [0.2, 0.25) is 0 Å². The Labute approximate surface area is 138 Å². The number of alkyl halides is 3. The second-order valence-electron chi connectivity index (χ2n) is 6.71. The molecule has 2 aliphatic carbocycles. The SMILES string of the molecule is O=C(NCC1(O)CCCC1)C1CC1c1ccc(OC(F)(F)F)cc1. The summed E-state index contributed by atoms with van der Waals surface area (Å²) in [5.41, 5.74) is 0.0423. The van der Waals surface area contributed by atoms with Crippen molar-refractivity contribution >= 4 is 5.91 Å². The van der Waals surface area contributed by atoms with Crippen LogP contribution in [0.1, 0.15) is 43.6 Å². The van der Waals surface area contributed by atoms with Gasteiger partial charge in [0.15, 0.2) is 0 Å². The van der Waals surface area contributed by atoms with Gasteiger partial charge in [0.05, 0.1) is 5.60 Å². The molecule has 0 heterocycles. The molecule has 2 aliphatic rings.